The Morgan fingerprint density at radius 3 is 2.54 bits per heavy atom. The minimum atomic E-state index is -0.433. The first kappa shape index (κ1) is 27.5. The molecule has 35 heavy (non-hydrogen) atoms. The fourth-order valence-corrected chi connectivity index (χ4v) is 3.47. The molecular formula is C28H34N2O5. The number of ether oxygens (including phenoxy) is 3. The number of rotatable bonds is 12. The predicted molar refractivity (Wildman–Crippen MR) is 136 cm³/mol. The normalized spacial score (nSPS) is 11.1. The van der Waals surface area contributed by atoms with Crippen LogP contribution in [0, 0.1) is 18.3 Å². The molecule has 2 aromatic rings. The van der Waals surface area contributed by atoms with Crippen molar-refractivity contribution in [2.45, 2.75) is 52.9 Å². The second-order valence-corrected chi connectivity index (χ2v) is 8.44. The summed E-state index contributed by atoms with van der Waals surface area (Å²) in [6, 6.07) is 12.8. The Morgan fingerprint density at radius 1 is 1.14 bits per heavy atom. The molecule has 186 valence electrons. The number of nitrogens with zero attached hydrogens (tertiary/aromatic N) is 1. The Labute approximate surface area is 207 Å². The largest absolute Gasteiger partial charge is 0.494 e. The lowest BCUT2D eigenvalue weighted by molar-refractivity contribution is -0.134. The van der Waals surface area contributed by atoms with Gasteiger partial charge in [-0.15, -0.1) is 0 Å². The van der Waals surface area contributed by atoms with E-state index >= 15 is 0 Å². The van der Waals surface area contributed by atoms with Crippen LogP contribution in [-0.4, -0.2) is 32.1 Å². The molecule has 0 saturated heterocycles. The van der Waals surface area contributed by atoms with E-state index in [4.69, 9.17) is 14.2 Å². The molecule has 0 saturated carbocycles. The van der Waals surface area contributed by atoms with Crippen LogP contribution in [0.4, 0.5) is 0 Å². The number of carbonyl (C=O) groups is 2. The lowest BCUT2D eigenvalue weighted by Gasteiger charge is -2.13. The number of hydrogen-bond donors (Lipinski definition) is 1. The quantitative estimate of drug-likeness (QED) is 0.146. The minimum Gasteiger partial charge on any atom is -0.494 e. The topological polar surface area (TPSA) is 97.7 Å². The van der Waals surface area contributed by atoms with Gasteiger partial charge in [0.15, 0.2) is 11.5 Å². The second-order valence-electron chi connectivity index (χ2n) is 8.44. The number of aryl methyl sites for hydroxylation is 1. The van der Waals surface area contributed by atoms with Crippen LogP contribution in [0.2, 0.25) is 0 Å². The third kappa shape index (κ3) is 8.49. The van der Waals surface area contributed by atoms with Crippen LogP contribution in [-0.2, 0) is 9.59 Å². The molecule has 0 radical (unpaired) electrons. The van der Waals surface area contributed by atoms with Crippen molar-refractivity contribution in [2.75, 3.05) is 20.3 Å². The van der Waals surface area contributed by atoms with E-state index in [0.29, 0.717) is 36.8 Å². The van der Waals surface area contributed by atoms with Crippen molar-refractivity contribution < 1.29 is 23.8 Å². The van der Waals surface area contributed by atoms with E-state index < -0.39 is 11.9 Å². The van der Waals surface area contributed by atoms with Gasteiger partial charge in [0, 0.05) is 13.0 Å². The molecule has 7 nitrogen and oxygen atoms in total. The maximum absolute atomic E-state index is 12.3. The molecule has 0 fully saturated rings. The number of esters is 1. The van der Waals surface area contributed by atoms with Crippen molar-refractivity contribution in [3.05, 3.63) is 58.7 Å². The minimum absolute atomic E-state index is 0.0145. The molecule has 2 rings (SSSR count). The highest BCUT2D eigenvalue weighted by atomic mass is 16.6. The van der Waals surface area contributed by atoms with Gasteiger partial charge in [0.25, 0.3) is 5.91 Å². The van der Waals surface area contributed by atoms with Crippen LogP contribution in [0.5, 0.6) is 17.2 Å². The van der Waals surface area contributed by atoms with Gasteiger partial charge in [-0.3, -0.25) is 9.59 Å². The number of hydrogen-bond acceptors (Lipinski definition) is 6. The molecule has 0 aliphatic carbocycles. The summed E-state index contributed by atoms with van der Waals surface area (Å²) in [5.74, 6) is 1.00. The molecule has 0 spiro atoms. The van der Waals surface area contributed by atoms with E-state index in [0.717, 1.165) is 12.2 Å². The highest BCUT2D eigenvalue weighted by Crippen LogP contribution is 2.29. The summed E-state index contributed by atoms with van der Waals surface area (Å²) in [5, 5.41) is 12.0. The molecule has 7 heteroatoms. The van der Waals surface area contributed by atoms with E-state index in [1.165, 1.54) is 24.3 Å². The molecule has 0 bridgehead atoms. The zero-order valence-electron chi connectivity index (χ0n) is 21.1. The molecule has 0 aliphatic heterocycles. The Balaban J connectivity index is 1.92. The third-order valence-electron chi connectivity index (χ3n) is 5.28. The molecule has 0 atom stereocenters. The zero-order valence-corrected chi connectivity index (χ0v) is 21.1. The highest BCUT2D eigenvalue weighted by molar-refractivity contribution is 6.01. The van der Waals surface area contributed by atoms with Gasteiger partial charge in [-0.2, -0.15) is 5.26 Å². The summed E-state index contributed by atoms with van der Waals surface area (Å²) in [6.45, 7) is 9.20. The Bertz CT molecular complexity index is 1100. The zero-order chi connectivity index (χ0) is 25.8. The number of nitriles is 1. The first-order valence-corrected chi connectivity index (χ1v) is 11.8. The van der Waals surface area contributed by atoms with E-state index in [2.05, 4.69) is 32.2 Å². The summed E-state index contributed by atoms with van der Waals surface area (Å²) >= 11 is 0. The van der Waals surface area contributed by atoms with Gasteiger partial charge in [-0.25, -0.2) is 0 Å². The Kier molecular flexibility index (Phi) is 10.8. The maximum Gasteiger partial charge on any atom is 0.311 e. The van der Waals surface area contributed by atoms with Crippen molar-refractivity contribution >= 4 is 18.0 Å². The van der Waals surface area contributed by atoms with Crippen molar-refractivity contribution in [1.82, 2.24) is 5.32 Å². The van der Waals surface area contributed by atoms with E-state index in [-0.39, 0.29) is 17.7 Å². The van der Waals surface area contributed by atoms with Crippen molar-refractivity contribution in [3.8, 4) is 23.3 Å². The standard InChI is InChI=1S/C28H34N2O5/c1-6-13-30-28(32)22(18-29)16-21-9-12-25(26(17-21)33-5)35-27(31)8-7-14-34-23-10-11-24(19(2)3)20(4)15-23/h9-12,15-17,19H,6-8,13-14H2,1-5H3,(H,30,32)/b22-16+. The van der Waals surface area contributed by atoms with Crippen LogP contribution in [0.1, 0.15) is 62.6 Å². The second kappa shape index (κ2) is 13.8. The fraction of sp³-hybridized carbons (Fsp3) is 0.393. The summed E-state index contributed by atoms with van der Waals surface area (Å²) in [6.07, 6.45) is 2.93. The molecule has 0 aromatic heterocycles. The Hall–Kier alpha value is -3.79. The molecule has 2 aromatic carbocycles. The average molecular weight is 479 g/mol. The monoisotopic (exact) mass is 478 g/mol. The van der Waals surface area contributed by atoms with Crippen molar-refractivity contribution in [1.29, 1.82) is 5.26 Å². The van der Waals surface area contributed by atoms with Gasteiger partial charge in [-0.1, -0.05) is 32.9 Å². The van der Waals surface area contributed by atoms with Gasteiger partial charge in [0.05, 0.1) is 13.7 Å². The van der Waals surface area contributed by atoms with E-state index in [9.17, 15) is 14.9 Å². The lowest BCUT2D eigenvalue weighted by atomic mass is 9.98. The molecular weight excluding hydrogens is 444 g/mol. The first-order chi connectivity index (χ1) is 16.8. The van der Waals surface area contributed by atoms with Crippen LogP contribution in [0.3, 0.4) is 0 Å². The molecule has 1 N–H and O–H groups in total. The van der Waals surface area contributed by atoms with Crippen LogP contribution >= 0.6 is 0 Å². The fourth-order valence-electron chi connectivity index (χ4n) is 3.47. The molecule has 0 unspecified atom stereocenters. The smallest absolute Gasteiger partial charge is 0.311 e. The number of nitrogens with one attached hydrogen (secondary N) is 1. The van der Waals surface area contributed by atoms with Crippen LogP contribution in [0.15, 0.2) is 42.0 Å². The highest BCUT2D eigenvalue weighted by Gasteiger charge is 2.13. The Morgan fingerprint density at radius 2 is 1.91 bits per heavy atom. The first-order valence-electron chi connectivity index (χ1n) is 11.8. The third-order valence-corrected chi connectivity index (χ3v) is 5.28. The molecule has 0 aliphatic rings. The van der Waals surface area contributed by atoms with Gasteiger partial charge >= 0.3 is 5.97 Å². The summed E-state index contributed by atoms with van der Waals surface area (Å²) in [7, 11) is 1.46. The predicted octanol–water partition coefficient (Wildman–Crippen LogP) is 5.32. The van der Waals surface area contributed by atoms with E-state index in [1.807, 2.05) is 25.1 Å². The van der Waals surface area contributed by atoms with Gasteiger partial charge in [0.2, 0.25) is 0 Å². The summed E-state index contributed by atoms with van der Waals surface area (Å²) in [4.78, 5) is 24.4. The van der Waals surface area contributed by atoms with E-state index in [1.54, 1.807) is 18.2 Å². The van der Waals surface area contributed by atoms with Gasteiger partial charge < -0.3 is 19.5 Å². The van der Waals surface area contributed by atoms with Crippen molar-refractivity contribution in [3.63, 3.8) is 0 Å². The number of benzene rings is 2. The summed E-state index contributed by atoms with van der Waals surface area (Å²) in [5.41, 5.74) is 3.04. The average Bonchev–Trinajstić information content (AvgIpc) is 2.84. The number of amides is 1. The number of carbonyl (C=O) groups excluding carboxylic acids is 2. The maximum atomic E-state index is 12.3. The van der Waals surface area contributed by atoms with Crippen LogP contribution < -0.4 is 19.5 Å². The molecule has 1 amide bonds. The van der Waals surface area contributed by atoms with Gasteiger partial charge in [0.1, 0.15) is 17.4 Å². The van der Waals surface area contributed by atoms with Gasteiger partial charge in [-0.05, 0) is 72.7 Å². The summed E-state index contributed by atoms with van der Waals surface area (Å²) < 4.78 is 16.6. The number of methoxy groups -OCH3 is 1. The molecule has 0 heterocycles. The van der Waals surface area contributed by atoms with Crippen LogP contribution in [0.25, 0.3) is 6.08 Å². The lowest BCUT2D eigenvalue weighted by Crippen LogP contribution is -2.25. The SMILES string of the molecule is CCCNC(=O)/C(C#N)=C/c1ccc(OC(=O)CCCOc2ccc(C(C)C)c(C)c2)c(OC)c1. The van der Waals surface area contributed by atoms with Crippen molar-refractivity contribution in [2.24, 2.45) is 0 Å².